The first-order valence-corrected chi connectivity index (χ1v) is 7.07. The molecule has 0 aromatic carbocycles. The molecular weight excluding hydrogens is 242 g/mol. The van der Waals surface area contributed by atoms with Gasteiger partial charge >= 0.3 is 0 Å². The summed E-state index contributed by atoms with van der Waals surface area (Å²) >= 11 is 0. The van der Waals surface area contributed by atoms with Crippen molar-refractivity contribution in [3.05, 3.63) is 27.7 Å². The Bertz CT molecular complexity index is 558. The van der Waals surface area contributed by atoms with E-state index in [1.165, 1.54) is 4.68 Å². The second-order valence-electron chi connectivity index (χ2n) is 5.46. The standard InChI is InChI=1S/C14H19N3O2/c1-10(14(19)16-7-2-3-8-16)17-13(18)9-11-5-4-6-12(11)15-17/h9-10H,2-8H2,1H3. The van der Waals surface area contributed by atoms with Crippen molar-refractivity contribution >= 4 is 5.91 Å². The van der Waals surface area contributed by atoms with Crippen molar-refractivity contribution in [2.45, 2.75) is 45.1 Å². The molecule has 5 nitrogen and oxygen atoms in total. The molecule has 1 unspecified atom stereocenters. The van der Waals surface area contributed by atoms with Crippen LogP contribution < -0.4 is 5.56 Å². The first-order valence-electron chi connectivity index (χ1n) is 7.07. The third kappa shape index (κ3) is 2.17. The van der Waals surface area contributed by atoms with Crippen molar-refractivity contribution in [3.63, 3.8) is 0 Å². The molecule has 1 aliphatic carbocycles. The van der Waals surface area contributed by atoms with Gasteiger partial charge in [0.15, 0.2) is 0 Å². The molecule has 0 saturated carbocycles. The molecule has 1 aliphatic heterocycles. The maximum Gasteiger partial charge on any atom is 0.267 e. The predicted octanol–water partition coefficient (Wildman–Crippen LogP) is 0.915. The molecule has 0 spiro atoms. The summed E-state index contributed by atoms with van der Waals surface area (Å²) in [6.45, 7) is 3.39. The molecule has 1 amide bonds. The van der Waals surface area contributed by atoms with Crippen molar-refractivity contribution < 1.29 is 4.79 Å². The van der Waals surface area contributed by atoms with E-state index in [1.807, 2.05) is 4.90 Å². The summed E-state index contributed by atoms with van der Waals surface area (Å²) in [6.07, 6.45) is 5.03. The molecule has 0 bridgehead atoms. The van der Waals surface area contributed by atoms with Crippen LogP contribution in [0, 0.1) is 0 Å². The third-order valence-electron chi connectivity index (χ3n) is 4.12. The van der Waals surface area contributed by atoms with Crippen molar-refractivity contribution in [2.24, 2.45) is 0 Å². The summed E-state index contributed by atoms with van der Waals surface area (Å²) in [7, 11) is 0. The highest BCUT2D eigenvalue weighted by Gasteiger charge is 2.26. The molecular formula is C14H19N3O2. The molecule has 1 fully saturated rings. The first kappa shape index (κ1) is 12.4. The van der Waals surface area contributed by atoms with Crippen molar-refractivity contribution in [3.8, 4) is 0 Å². The smallest absolute Gasteiger partial charge is 0.267 e. The van der Waals surface area contributed by atoms with Gasteiger partial charge in [0.1, 0.15) is 6.04 Å². The molecule has 1 aromatic rings. The number of hydrogen-bond donors (Lipinski definition) is 0. The van der Waals surface area contributed by atoms with E-state index in [9.17, 15) is 9.59 Å². The Morgan fingerprint density at radius 2 is 2.00 bits per heavy atom. The number of aryl methyl sites for hydroxylation is 2. The lowest BCUT2D eigenvalue weighted by atomic mass is 10.2. The van der Waals surface area contributed by atoms with Crippen LogP contribution in [-0.2, 0) is 17.6 Å². The Kier molecular flexibility index (Phi) is 3.12. The normalized spacial score (nSPS) is 19.5. The summed E-state index contributed by atoms with van der Waals surface area (Å²) < 4.78 is 1.37. The maximum atomic E-state index is 12.3. The van der Waals surface area contributed by atoms with Crippen molar-refractivity contribution in [2.75, 3.05) is 13.1 Å². The van der Waals surface area contributed by atoms with Crippen LogP contribution in [-0.4, -0.2) is 33.7 Å². The number of likely N-dealkylation sites (tertiary alicyclic amines) is 1. The zero-order valence-corrected chi connectivity index (χ0v) is 11.3. The molecule has 0 radical (unpaired) electrons. The minimum atomic E-state index is -0.489. The van der Waals surface area contributed by atoms with E-state index in [0.29, 0.717) is 0 Å². The van der Waals surface area contributed by atoms with Gasteiger partial charge in [-0.2, -0.15) is 5.10 Å². The number of aromatic nitrogens is 2. The highest BCUT2D eigenvalue weighted by molar-refractivity contribution is 5.80. The third-order valence-corrected chi connectivity index (χ3v) is 4.12. The molecule has 3 rings (SSSR count). The van der Waals surface area contributed by atoms with Gasteiger partial charge in [-0.1, -0.05) is 0 Å². The fraction of sp³-hybridized carbons (Fsp3) is 0.643. The Balaban J connectivity index is 1.89. The summed E-state index contributed by atoms with van der Waals surface area (Å²) in [5.74, 6) is 0.0186. The largest absolute Gasteiger partial charge is 0.341 e. The minimum Gasteiger partial charge on any atom is -0.341 e. The van der Waals surface area contributed by atoms with E-state index in [1.54, 1.807) is 13.0 Å². The SMILES string of the molecule is CC(C(=O)N1CCCC1)n1nc2c(cc1=O)CCC2. The lowest BCUT2D eigenvalue weighted by Crippen LogP contribution is -2.39. The Morgan fingerprint density at radius 3 is 2.74 bits per heavy atom. The van der Waals surface area contributed by atoms with Gasteiger partial charge < -0.3 is 4.90 Å². The first-order chi connectivity index (χ1) is 9.16. The van der Waals surface area contributed by atoms with E-state index < -0.39 is 6.04 Å². The number of hydrogen-bond acceptors (Lipinski definition) is 3. The van der Waals surface area contributed by atoms with E-state index in [2.05, 4.69) is 5.10 Å². The molecule has 1 saturated heterocycles. The van der Waals surface area contributed by atoms with Crippen LogP contribution in [0.25, 0.3) is 0 Å². The van der Waals surface area contributed by atoms with Crippen LogP contribution in [0.4, 0.5) is 0 Å². The molecule has 102 valence electrons. The summed E-state index contributed by atoms with van der Waals surface area (Å²) in [5.41, 5.74) is 1.89. The van der Waals surface area contributed by atoms with E-state index in [4.69, 9.17) is 0 Å². The molecule has 2 aliphatic rings. The summed E-state index contributed by atoms with van der Waals surface area (Å²) in [5, 5.41) is 4.40. The molecule has 0 N–H and O–H groups in total. The average Bonchev–Trinajstić information content (AvgIpc) is 3.06. The summed E-state index contributed by atoms with van der Waals surface area (Å²) in [6, 6.07) is 1.17. The number of rotatable bonds is 2. The quantitative estimate of drug-likeness (QED) is 0.795. The van der Waals surface area contributed by atoms with Crippen molar-refractivity contribution in [1.82, 2.24) is 14.7 Å². The van der Waals surface area contributed by atoms with Crippen LogP contribution in [0.5, 0.6) is 0 Å². The molecule has 5 heteroatoms. The van der Waals surface area contributed by atoms with E-state index in [-0.39, 0.29) is 11.5 Å². The van der Waals surface area contributed by atoms with Gasteiger partial charge in [0.25, 0.3) is 5.56 Å². The minimum absolute atomic E-state index is 0.0186. The van der Waals surface area contributed by atoms with Gasteiger partial charge in [-0.15, -0.1) is 0 Å². The van der Waals surface area contributed by atoms with Gasteiger partial charge in [-0.25, -0.2) is 4.68 Å². The van der Waals surface area contributed by atoms with Crippen LogP contribution in [0.15, 0.2) is 10.9 Å². The van der Waals surface area contributed by atoms with Crippen LogP contribution in [0.3, 0.4) is 0 Å². The van der Waals surface area contributed by atoms with Crippen LogP contribution >= 0.6 is 0 Å². The highest BCUT2D eigenvalue weighted by atomic mass is 16.2. The van der Waals surface area contributed by atoms with Gasteiger partial charge in [0, 0.05) is 19.2 Å². The Labute approximate surface area is 112 Å². The fourth-order valence-corrected chi connectivity index (χ4v) is 3.00. The van der Waals surface area contributed by atoms with E-state index in [0.717, 1.165) is 56.5 Å². The molecule has 1 aromatic heterocycles. The Morgan fingerprint density at radius 1 is 1.26 bits per heavy atom. The lowest BCUT2D eigenvalue weighted by molar-refractivity contribution is -0.133. The Hall–Kier alpha value is -1.65. The van der Waals surface area contributed by atoms with Crippen molar-refractivity contribution in [1.29, 1.82) is 0 Å². The average molecular weight is 261 g/mol. The van der Waals surface area contributed by atoms with Crippen LogP contribution in [0.2, 0.25) is 0 Å². The maximum absolute atomic E-state index is 12.3. The van der Waals surface area contributed by atoms with Gasteiger partial charge in [-0.05, 0) is 44.6 Å². The molecule has 19 heavy (non-hydrogen) atoms. The molecule has 1 atom stereocenters. The van der Waals surface area contributed by atoms with Gasteiger partial charge in [0.05, 0.1) is 5.69 Å². The fourth-order valence-electron chi connectivity index (χ4n) is 3.00. The zero-order valence-electron chi connectivity index (χ0n) is 11.3. The lowest BCUT2D eigenvalue weighted by Gasteiger charge is -2.21. The number of amides is 1. The number of carbonyl (C=O) groups excluding carboxylic acids is 1. The second kappa shape index (κ2) is 4.79. The number of carbonyl (C=O) groups is 1. The monoisotopic (exact) mass is 261 g/mol. The second-order valence-corrected chi connectivity index (χ2v) is 5.46. The highest BCUT2D eigenvalue weighted by Crippen LogP contribution is 2.19. The van der Waals surface area contributed by atoms with E-state index >= 15 is 0 Å². The molecule has 2 heterocycles. The topological polar surface area (TPSA) is 55.2 Å². The zero-order chi connectivity index (χ0) is 13.4. The predicted molar refractivity (Wildman–Crippen MR) is 71.0 cm³/mol. The summed E-state index contributed by atoms with van der Waals surface area (Å²) in [4.78, 5) is 26.2. The number of nitrogens with zero attached hydrogens (tertiary/aromatic N) is 3. The van der Waals surface area contributed by atoms with Gasteiger partial charge in [-0.3, -0.25) is 9.59 Å². The number of fused-ring (bicyclic) bond motifs is 1. The van der Waals surface area contributed by atoms with Gasteiger partial charge in [0.2, 0.25) is 5.91 Å². The van der Waals surface area contributed by atoms with Crippen LogP contribution in [0.1, 0.15) is 43.5 Å².